The van der Waals surface area contributed by atoms with Gasteiger partial charge in [0, 0.05) is 19.6 Å². The summed E-state index contributed by atoms with van der Waals surface area (Å²) in [6.07, 6.45) is 0. The van der Waals surface area contributed by atoms with Crippen molar-refractivity contribution < 1.29 is 5.11 Å². The molecule has 1 aromatic carbocycles. The molecule has 0 saturated heterocycles. The van der Waals surface area contributed by atoms with Crippen molar-refractivity contribution in [2.45, 2.75) is 19.4 Å². The molecular weight excluding hydrogens is 212 g/mol. The zero-order valence-corrected chi connectivity index (χ0v) is 11.3. The van der Waals surface area contributed by atoms with E-state index in [0.717, 1.165) is 18.7 Å². The SMILES string of the molecule is Cc1ccc(C(C)(O)CNCCN(C)C)cc1. The normalized spacial score (nSPS) is 14.9. The topological polar surface area (TPSA) is 35.5 Å². The van der Waals surface area contributed by atoms with Gasteiger partial charge in [-0.1, -0.05) is 29.8 Å². The third kappa shape index (κ3) is 4.86. The average Bonchev–Trinajstić information content (AvgIpc) is 2.25. The van der Waals surface area contributed by atoms with Crippen LogP contribution in [0.15, 0.2) is 24.3 Å². The third-order valence-corrected chi connectivity index (χ3v) is 2.88. The first-order chi connectivity index (χ1) is 7.92. The molecule has 0 aromatic heterocycles. The van der Waals surface area contributed by atoms with Crippen molar-refractivity contribution in [3.8, 4) is 0 Å². The monoisotopic (exact) mass is 236 g/mol. The van der Waals surface area contributed by atoms with Crippen molar-refractivity contribution in [2.24, 2.45) is 0 Å². The van der Waals surface area contributed by atoms with Crippen molar-refractivity contribution in [1.82, 2.24) is 10.2 Å². The van der Waals surface area contributed by atoms with Crippen LogP contribution in [0.1, 0.15) is 18.1 Å². The van der Waals surface area contributed by atoms with Gasteiger partial charge in [0.1, 0.15) is 0 Å². The second kappa shape index (κ2) is 6.15. The van der Waals surface area contributed by atoms with E-state index in [9.17, 15) is 5.11 Å². The van der Waals surface area contributed by atoms with Crippen LogP contribution >= 0.6 is 0 Å². The molecule has 2 N–H and O–H groups in total. The number of nitrogens with zero attached hydrogens (tertiary/aromatic N) is 1. The quantitative estimate of drug-likeness (QED) is 0.732. The number of aryl methyl sites for hydroxylation is 1. The van der Waals surface area contributed by atoms with Crippen molar-refractivity contribution in [2.75, 3.05) is 33.7 Å². The minimum Gasteiger partial charge on any atom is -0.384 e. The molecule has 0 aliphatic rings. The zero-order valence-electron chi connectivity index (χ0n) is 11.3. The second-order valence-corrected chi connectivity index (χ2v) is 5.12. The molecule has 1 unspecified atom stereocenters. The predicted molar refractivity (Wildman–Crippen MR) is 72.2 cm³/mol. The Kier molecular flexibility index (Phi) is 5.12. The average molecular weight is 236 g/mol. The van der Waals surface area contributed by atoms with Gasteiger partial charge >= 0.3 is 0 Å². The van der Waals surface area contributed by atoms with Gasteiger partial charge in [-0.15, -0.1) is 0 Å². The zero-order chi connectivity index (χ0) is 12.9. The number of nitrogens with one attached hydrogen (secondary N) is 1. The van der Waals surface area contributed by atoms with E-state index in [-0.39, 0.29) is 0 Å². The van der Waals surface area contributed by atoms with Crippen LogP contribution in [0.3, 0.4) is 0 Å². The predicted octanol–water partition coefficient (Wildman–Crippen LogP) is 1.35. The highest BCUT2D eigenvalue weighted by Gasteiger charge is 2.21. The minimum atomic E-state index is -0.806. The highest BCUT2D eigenvalue weighted by Crippen LogP contribution is 2.19. The molecule has 0 aliphatic heterocycles. The van der Waals surface area contributed by atoms with E-state index in [0.29, 0.717) is 6.54 Å². The summed E-state index contributed by atoms with van der Waals surface area (Å²) in [6, 6.07) is 8.04. The molecule has 3 heteroatoms. The van der Waals surface area contributed by atoms with Gasteiger partial charge in [0.15, 0.2) is 0 Å². The van der Waals surface area contributed by atoms with Crippen LogP contribution in [-0.4, -0.2) is 43.7 Å². The van der Waals surface area contributed by atoms with Crippen molar-refractivity contribution in [3.63, 3.8) is 0 Å². The lowest BCUT2D eigenvalue weighted by Crippen LogP contribution is -2.38. The molecule has 0 fully saturated rings. The molecule has 0 spiro atoms. The lowest BCUT2D eigenvalue weighted by Gasteiger charge is -2.25. The van der Waals surface area contributed by atoms with Crippen molar-refractivity contribution >= 4 is 0 Å². The summed E-state index contributed by atoms with van der Waals surface area (Å²) in [5.41, 5.74) is 1.37. The first-order valence-corrected chi connectivity index (χ1v) is 6.07. The minimum absolute atomic E-state index is 0.573. The molecule has 3 nitrogen and oxygen atoms in total. The fourth-order valence-corrected chi connectivity index (χ4v) is 1.65. The van der Waals surface area contributed by atoms with Gasteiger partial charge in [0.2, 0.25) is 0 Å². The van der Waals surface area contributed by atoms with E-state index in [4.69, 9.17) is 0 Å². The number of benzene rings is 1. The number of aliphatic hydroxyl groups is 1. The Morgan fingerprint density at radius 3 is 2.35 bits per heavy atom. The molecule has 1 aromatic rings. The summed E-state index contributed by atoms with van der Waals surface area (Å²) in [7, 11) is 4.08. The van der Waals surface area contributed by atoms with Gasteiger partial charge in [-0.05, 0) is 33.5 Å². The maximum atomic E-state index is 10.4. The van der Waals surface area contributed by atoms with E-state index in [2.05, 4.69) is 10.2 Å². The van der Waals surface area contributed by atoms with Gasteiger partial charge in [-0.3, -0.25) is 0 Å². The smallest absolute Gasteiger partial charge is 0.0992 e. The second-order valence-electron chi connectivity index (χ2n) is 5.12. The Bertz CT molecular complexity index is 331. The van der Waals surface area contributed by atoms with Crippen LogP contribution in [0.4, 0.5) is 0 Å². The van der Waals surface area contributed by atoms with Gasteiger partial charge in [-0.2, -0.15) is 0 Å². The molecule has 1 rings (SSSR count). The van der Waals surface area contributed by atoms with Crippen LogP contribution in [0, 0.1) is 6.92 Å². The standard InChI is InChI=1S/C14H24N2O/c1-12-5-7-13(8-6-12)14(2,17)11-15-9-10-16(3)4/h5-8,15,17H,9-11H2,1-4H3. The number of likely N-dealkylation sites (N-methyl/N-ethyl adjacent to an activating group) is 1. The molecule has 0 amide bonds. The maximum absolute atomic E-state index is 10.4. The lowest BCUT2D eigenvalue weighted by molar-refractivity contribution is 0.0567. The van der Waals surface area contributed by atoms with Gasteiger partial charge < -0.3 is 15.3 Å². The summed E-state index contributed by atoms with van der Waals surface area (Å²) in [5.74, 6) is 0. The highest BCUT2D eigenvalue weighted by atomic mass is 16.3. The van der Waals surface area contributed by atoms with E-state index in [1.165, 1.54) is 5.56 Å². The molecule has 1 atom stereocenters. The molecule has 0 heterocycles. The first kappa shape index (κ1) is 14.2. The lowest BCUT2D eigenvalue weighted by atomic mass is 9.95. The Morgan fingerprint density at radius 2 is 1.82 bits per heavy atom. The molecule has 96 valence electrons. The van der Waals surface area contributed by atoms with Crippen LogP contribution in [0.5, 0.6) is 0 Å². The molecule has 17 heavy (non-hydrogen) atoms. The van der Waals surface area contributed by atoms with E-state index < -0.39 is 5.60 Å². The van der Waals surface area contributed by atoms with Crippen molar-refractivity contribution in [1.29, 1.82) is 0 Å². The Hall–Kier alpha value is -0.900. The third-order valence-electron chi connectivity index (χ3n) is 2.88. The van der Waals surface area contributed by atoms with Crippen molar-refractivity contribution in [3.05, 3.63) is 35.4 Å². The number of rotatable bonds is 6. The van der Waals surface area contributed by atoms with Crippen LogP contribution in [0.25, 0.3) is 0 Å². The summed E-state index contributed by atoms with van der Waals surface area (Å²) in [4.78, 5) is 2.12. The van der Waals surface area contributed by atoms with E-state index >= 15 is 0 Å². The van der Waals surface area contributed by atoms with Crippen LogP contribution in [-0.2, 0) is 5.60 Å². The van der Waals surface area contributed by atoms with Gasteiger partial charge in [0.05, 0.1) is 5.60 Å². The Balaban J connectivity index is 2.47. The molecule has 0 radical (unpaired) electrons. The van der Waals surface area contributed by atoms with Crippen LogP contribution in [0.2, 0.25) is 0 Å². The molecule has 0 bridgehead atoms. The molecule has 0 aliphatic carbocycles. The largest absolute Gasteiger partial charge is 0.384 e. The number of hydrogen-bond donors (Lipinski definition) is 2. The van der Waals surface area contributed by atoms with Crippen LogP contribution < -0.4 is 5.32 Å². The van der Waals surface area contributed by atoms with E-state index in [1.54, 1.807) is 0 Å². The van der Waals surface area contributed by atoms with E-state index in [1.807, 2.05) is 52.2 Å². The molecular formula is C14H24N2O. The fourth-order valence-electron chi connectivity index (χ4n) is 1.65. The maximum Gasteiger partial charge on any atom is 0.0992 e. The fraction of sp³-hybridized carbons (Fsp3) is 0.571. The summed E-state index contributed by atoms with van der Waals surface area (Å²) in [5, 5.41) is 13.6. The summed E-state index contributed by atoms with van der Waals surface area (Å²) < 4.78 is 0. The first-order valence-electron chi connectivity index (χ1n) is 6.07. The summed E-state index contributed by atoms with van der Waals surface area (Å²) >= 11 is 0. The summed E-state index contributed by atoms with van der Waals surface area (Å²) in [6.45, 7) is 6.33. The Labute approximate surface area is 104 Å². The molecule has 0 saturated carbocycles. The van der Waals surface area contributed by atoms with Gasteiger partial charge in [0.25, 0.3) is 0 Å². The number of hydrogen-bond acceptors (Lipinski definition) is 3. The van der Waals surface area contributed by atoms with Gasteiger partial charge in [-0.25, -0.2) is 0 Å². The highest BCUT2D eigenvalue weighted by molar-refractivity contribution is 5.26. The Morgan fingerprint density at radius 1 is 1.24 bits per heavy atom.